The smallest absolute Gasteiger partial charge is 0.201 e. The van der Waals surface area contributed by atoms with E-state index in [1.807, 2.05) is 0 Å². The molecule has 0 aliphatic heterocycles. The quantitative estimate of drug-likeness (QED) is 0.754. The average molecular weight is 269 g/mol. The summed E-state index contributed by atoms with van der Waals surface area (Å²) in [6.07, 6.45) is 6.29. The monoisotopic (exact) mass is 269 g/mol. The van der Waals surface area contributed by atoms with Crippen molar-refractivity contribution in [3.8, 4) is 0 Å². The van der Waals surface area contributed by atoms with Gasteiger partial charge in [0.15, 0.2) is 0 Å². The lowest BCUT2D eigenvalue weighted by Crippen LogP contribution is -2.13. The zero-order valence-corrected chi connectivity index (χ0v) is 12.3. The Morgan fingerprint density at radius 3 is 2.50 bits per heavy atom. The lowest BCUT2D eigenvalue weighted by atomic mass is 9.81. The third-order valence-corrected chi connectivity index (χ3v) is 5.01. The molecule has 102 valence electrons. The van der Waals surface area contributed by atoms with Gasteiger partial charge >= 0.3 is 0 Å². The molecular weight excluding hydrogens is 246 g/mol. The molecule has 0 N–H and O–H groups in total. The first-order valence-electron chi connectivity index (χ1n) is 6.79. The second-order valence-corrected chi connectivity index (χ2v) is 5.93. The molecule has 3 nitrogen and oxygen atoms in total. The van der Waals surface area contributed by atoms with Crippen LogP contribution in [0.1, 0.15) is 61.9 Å². The van der Waals surface area contributed by atoms with E-state index in [-0.39, 0.29) is 6.29 Å². The summed E-state index contributed by atoms with van der Waals surface area (Å²) < 4.78 is 10.5. The van der Waals surface area contributed by atoms with Gasteiger partial charge in [0.05, 0.1) is 5.01 Å². The molecule has 1 saturated carbocycles. The maximum atomic E-state index is 5.24. The van der Waals surface area contributed by atoms with E-state index >= 15 is 0 Å². The molecule has 0 bridgehead atoms. The van der Waals surface area contributed by atoms with Crippen LogP contribution in [0.25, 0.3) is 0 Å². The van der Waals surface area contributed by atoms with Crippen molar-refractivity contribution in [2.24, 2.45) is 5.92 Å². The van der Waals surface area contributed by atoms with Gasteiger partial charge in [-0.1, -0.05) is 13.3 Å². The summed E-state index contributed by atoms with van der Waals surface area (Å²) in [7, 11) is 3.30. The van der Waals surface area contributed by atoms with Gasteiger partial charge in [0.1, 0.15) is 5.69 Å². The van der Waals surface area contributed by atoms with Gasteiger partial charge in [0.25, 0.3) is 0 Å². The standard InChI is InChI=1S/C14H23NO2S/c1-4-10-5-7-11(8-6-10)13-15-12(9-18-13)14(16-2)17-3/h9-11,14H,4-8H2,1-3H3. The summed E-state index contributed by atoms with van der Waals surface area (Å²) in [5.41, 5.74) is 0.914. The summed E-state index contributed by atoms with van der Waals surface area (Å²) in [4.78, 5) is 4.70. The third kappa shape index (κ3) is 3.11. The first kappa shape index (κ1) is 14.0. The molecule has 18 heavy (non-hydrogen) atoms. The van der Waals surface area contributed by atoms with Crippen molar-refractivity contribution in [1.82, 2.24) is 4.98 Å². The van der Waals surface area contributed by atoms with Crippen LogP contribution in [0.5, 0.6) is 0 Å². The molecular formula is C14H23NO2S. The van der Waals surface area contributed by atoms with Crippen LogP contribution in [0.2, 0.25) is 0 Å². The molecule has 1 aromatic heterocycles. The Morgan fingerprint density at radius 2 is 1.94 bits per heavy atom. The lowest BCUT2D eigenvalue weighted by molar-refractivity contribution is -0.108. The van der Waals surface area contributed by atoms with Crippen molar-refractivity contribution < 1.29 is 9.47 Å². The average Bonchev–Trinajstić information content (AvgIpc) is 2.90. The molecule has 1 aromatic rings. The van der Waals surface area contributed by atoms with Crippen LogP contribution < -0.4 is 0 Å². The maximum Gasteiger partial charge on any atom is 0.201 e. The van der Waals surface area contributed by atoms with Gasteiger partial charge in [-0.25, -0.2) is 4.98 Å². The molecule has 4 heteroatoms. The number of aromatic nitrogens is 1. The van der Waals surface area contributed by atoms with Gasteiger partial charge in [-0.2, -0.15) is 0 Å². The van der Waals surface area contributed by atoms with Gasteiger partial charge in [-0.05, 0) is 31.6 Å². The van der Waals surface area contributed by atoms with Crippen molar-refractivity contribution in [2.45, 2.75) is 51.2 Å². The highest BCUT2D eigenvalue weighted by atomic mass is 32.1. The van der Waals surface area contributed by atoms with Crippen molar-refractivity contribution in [3.63, 3.8) is 0 Å². The number of nitrogens with zero attached hydrogens (tertiary/aromatic N) is 1. The first-order valence-corrected chi connectivity index (χ1v) is 7.67. The second-order valence-electron chi connectivity index (χ2n) is 5.04. The number of hydrogen-bond donors (Lipinski definition) is 0. The molecule has 1 aliphatic rings. The van der Waals surface area contributed by atoms with Gasteiger partial charge < -0.3 is 9.47 Å². The zero-order chi connectivity index (χ0) is 13.0. The van der Waals surface area contributed by atoms with E-state index in [4.69, 9.17) is 14.5 Å². The van der Waals surface area contributed by atoms with E-state index in [0.29, 0.717) is 5.92 Å². The number of hydrogen-bond acceptors (Lipinski definition) is 4. The largest absolute Gasteiger partial charge is 0.350 e. The van der Waals surface area contributed by atoms with Gasteiger partial charge in [-0.3, -0.25) is 0 Å². The Morgan fingerprint density at radius 1 is 1.28 bits per heavy atom. The van der Waals surface area contributed by atoms with E-state index < -0.39 is 0 Å². The molecule has 0 amide bonds. The fourth-order valence-corrected chi connectivity index (χ4v) is 3.74. The Labute approximate surface area is 114 Å². The minimum absolute atomic E-state index is 0.318. The summed E-state index contributed by atoms with van der Waals surface area (Å²) in [6, 6.07) is 0. The van der Waals surface area contributed by atoms with Crippen molar-refractivity contribution in [2.75, 3.05) is 14.2 Å². The highest BCUT2D eigenvalue weighted by Crippen LogP contribution is 2.38. The fourth-order valence-electron chi connectivity index (χ4n) is 2.75. The van der Waals surface area contributed by atoms with E-state index in [1.54, 1.807) is 25.6 Å². The lowest BCUT2D eigenvalue weighted by Gasteiger charge is -2.26. The predicted octanol–water partition coefficient (Wildman–Crippen LogP) is 4.12. The Kier molecular flexibility index (Phi) is 5.15. The van der Waals surface area contributed by atoms with Crippen LogP contribution in [0.15, 0.2) is 5.38 Å². The summed E-state index contributed by atoms with van der Waals surface area (Å²) in [5, 5.41) is 3.33. The number of ether oxygens (including phenoxy) is 2. The molecule has 1 heterocycles. The minimum Gasteiger partial charge on any atom is -0.350 e. The van der Waals surface area contributed by atoms with Crippen molar-refractivity contribution >= 4 is 11.3 Å². The fraction of sp³-hybridized carbons (Fsp3) is 0.786. The van der Waals surface area contributed by atoms with Gasteiger partial charge in [-0.15, -0.1) is 11.3 Å². The highest BCUT2D eigenvalue weighted by Gasteiger charge is 2.24. The Bertz CT molecular complexity index is 354. The second kappa shape index (κ2) is 6.64. The van der Waals surface area contributed by atoms with Crippen molar-refractivity contribution in [3.05, 3.63) is 16.1 Å². The molecule has 0 aromatic carbocycles. The van der Waals surface area contributed by atoms with Crippen LogP contribution in [-0.2, 0) is 9.47 Å². The molecule has 1 aliphatic carbocycles. The molecule has 0 saturated heterocycles. The molecule has 1 fully saturated rings. The van der Waals surface area contributed by atoms with Crippen LogP contribution in [0.3, 0.4) is 0 Å². The summed E-state index contributed by atoms with van der Waals surface area (Å²) >= 11 is 1.75. The van der Waals surface area contributed by atoms with Crippen molar-refractivity contribution in [1.29, 1.82) is 0 Å². The van der Waals surface area contributed by atoms with Crippen LogP contribution >= 0.6 is 11.3 Å². The molecule has 0 atom stereocenters. The SMILES string of the molecule is CCC1CCC(c2nc(C(OC)OC)cs2)CC1. The molecule has 2 rings (SSSR count). The van der Waals surface area contributed by atoms with E-state index in [9.17, 15) is 0 Å². The van der Waals surface area contributed by atoms with Gasteiger partial charge in [0.2, 0.25) is 6.29 Å². The van der Waals surface area contributed by atoms with E-state index in [0.717, 1.165) is 11.6 Å². The molecule has 0 spiro atoms. The van der Waals surface area contributed by atoms with Gasteiger partial charge in [0, 0.05) is 25.5 Å². The molecule has 0 unspecified atom stereocenters. The third-order valence-electron chi connectivity index (χ3n) is 3.98. The Hall–Kier alpha value is -0.450. The normalized spacial score (nSPS) is 24.7. The minimum atomic E-state index is -0.318. The maximum absolute atomic E-state index is 5.24. The van der Waals surface area contributed by atoms with Crippen LogP contribution in [-0.4, -0.2) is 19.2 Å². The van der Waals surface area contributed by atoms with E-state index in [1.165, 1.54) is 37.1 Å². The number of methoxy groups -OCH3 is 2. The summed E-state index contributed by atoms with van der Waals surface area (Å²) in [6.45, 7) is 2.30. The predicted molar refractivity (Wildman–Crippen MR) is 73.9 cm³/mol. The van der Waals surface area contributed by atoms with Crippen LogP contribution in [0, 0.1) is 5.92 Å². The highest BCUT2D eigenvalue weighted by molar-refractivity contribution is 7.09. The first-order chi connectivity index (χ1) is 8.78. The number of thiazole rings is 1. The number of rotatable bonds is 5. The molecule has 0 radical (unpaired) electrons. The Balaban J connectivity index is 1.98. The topological polar surface area (TPSA) is 31.4 Å². The van der Waals surface area contributed by atoms with E-state index in [2.05, 4.69) is 12.3 Å². The van der Waals surface area contributed by atoms with Crippen LogP contribution in [0.4, 0.5) is 0 Å². The zero-order valence-electron chi connectivity index (χ0n) is 11.5. The summed E-state index contributed by atoms with van der Waals surface area (Å²) in [5.74, 6) is 1.59.